The first-order valence-corrected chi connectivity index (χ1v) is 9.63. The Labute approximate surface area is 158 Å². The van der Waals surface area contributed by atoms with Crippen LogP contribution in [-0.2, 0) is 24.2 Å². The van der Waals surface area contributed by atoms with E-state index in [2.05, 4.69) is 24.0 Å². The van der Waals surface area contributed by atoms with Crippen LogP contribution in [0.25, 0.3) is 11.0 Å². The summed E-state index contributed by atoms with van der Waals surface area (Å²) in [7, 11) is 0. The molecule has 0 aliphatic carbocycles. The number of fused-ring (bicyclic) bond motifs is 1. The van der Waals surface area contributed by atoms with E-state index in [0.29, 0.717) is 18.7 Å². The highest BCUT2D eigenvalue weighted by molar-refractivity contribution is 5.80. The molecule has 3 aromatic rings. The van der Waals surface area contributed by atoms with Crippen LogP contribution >= 0.6 is 0 Å². The zero-order chi connectivity index (χ0) is 18.6. The number of nitrogens with zero attached hydrogens (tertiary/aromatic N) is 1. The Hall–Kier alpha value is -2.37. The van der Waals surface area contributed by atoms with Crippen molar-refractivity contribution in [1.29, 1.82) is 0 Å². The largest absolute Gasteiger partial charge is 0.468 e. The molecule has 3 heterocycles. The molecule has 1 fully saturated rings. The minimum absolute atomic E-state index is 0.234. The van der Waals surface area contributed by atoms with E-state index in [-0.39, 0.29) is 11.7 Å². The van der Waals surface area contributed by atoms with Crippen molar-refractivity contribution >= 4 is 11.0 Å². The van der Waals surface area contributed by atoms with E-state index in [9.17, 15) is 4.79 Å². The molecule has 0 N–H and O–H groups in total. The fourth-order valence-electron chi connectivity index (χ4n) is 3.75. The summed E-state index contributed by atoms with van der Waals surface area (Å²) in [5.74, 6) is 0.911. The molecular weight excluding hydrogens is 342 g/mol. The van der Waals surface area contributed by atoms with Crippen LogP contribution in [-0.4, -0.2) is 24.2 Å². The lowest BCUT2D eigenvalue weighted by Gasteiger charge is -2.24. The topological polar surface area (TPSA) is 55.8 Å². The molecule has 4 rings (SSSR count). The molecule has 0 radical (unpaired) electrons. The number of hydrogen-bond acceptors (Lipinski definition) is 5. The Morgan fingerprint density at radius 3 is 2.85 bits per heavy atom. The van der Waals surface area contributed by atoms with Gasteiger partial charge in [0.1, 0.15) is 11.3 Å². The minimum Gasteiger partial charge on any atom is -0.468 e. The van der Waals surface area contributed by atoms with E-state index in [4.69, 9.17) is 13.6 Å². The van der Waals surface area contributed by atoms with Crippen LogP contribution < -0.4 is 5.63 Å². The Bertz CT molecular complexity index is 939. The molecule has 0 bridgehead atoms. The second-order valence-corrected chi connectivity index (χ2v) is 7.16. The number of ether oxygens (including phenoxy) is 1. The molecule has 1 aliphatic heterocycles. The van der Waals surface area contributed by atoms with Gasteiger partial charge in [-0.1, -0.05) is 19.1 Å². The van der Waals surface area contributed by atoms with Crippen molar-refractivity contribution in [3.63, 3.8) is 0 Å². The van der Waals surface area contributed by atoms with E-state index < -0.39 is 0 Å². The van der Waals surface area contributed by atoms with Gasteiger partial charge >= 0.3 is 5.63 Å². The number of furan rings is 1. The van der Waals surface area contributed by atoms with Crippen LogP contribution in [0.5, 0.6) is 0 Å². The van der Waals surface area contributed by atoms with Gasteiger partial charge in [-0.15, -0.1) is 0 Å². The van der Waals surface area contributed by atoms with Gasteiger partial charge in [0.05, 0.1) is 18.9 Å². The van der Waals surface area contributed by atoms with E-state index in [1.54, 1.807) is 12.3 Å². The maximum Gasteiger partial charge on any atom is 0.336 e. The fraction of sp³-hybridized carbons (Fsp3) is 0.409. The van der Waals surface area contributed by atoms with Crippen LogP contribution in [0.15, 0.2) is 56.3 Å². The molecule has 0 amide bonds. The van der Waals surface area contributed by atoms with Crippen LogP contribution in [0.3, 0.4) is 0 Å². The monoisotopic (exact) mass is 367 g/mol. The van der Waals surface area contributed by atoms with E-state index in [1.165, 1.54) is 0 Å². The molecule has 1 atom stereocenters. The van der Waals surface area contributed by atoms with Crippen molar-refractivity contribution in [3.05, 3.63) is 70.0 Å². The Balaban J connectivity index is 1.63. The lowest BCUT2D eigenvalue weighted by atomic mass is 10.1. The van der Waals surface area contributed by atoms with Gasteiger partial charge in [0.2, 0.25) is 0 Å². The molecule has 0 saturated carbocycles. The summed E-state index contributed by atoms with van der Waals surface area (Å²) in [6.45, 7) is 5.07. The Morgan fingerprint density at radius 1 is 1.19 bits per heavy atom. The average molecular weight is 367 g/mol. The highest BCUT2D eigenvalue weighted by Gasteiger charge is 2.21. The lowest BCUT2D eigenvalue weighted by Crippen LogP contribution is -2.31. The number of benzene rings is 1. The predicted octanol–water partition coefficient (Wildman–Crippen LogP) is 4.13. The molecule has 5 nitrogen and oxygen atoms in total. The quantitative estimate of drug-likeness (QED) is 0.588. The van der Waals surface area contributed by atoms with E-state index in [0.717, 1.165) is 54.7 Å². The first-order valence-electron chi connectivity index (χ1n) is 9.63. The highest BCUT2D eigenvalue weighted by atomic mass is 16.5. The average Bonchev–Trinajstić information content (AvgIpc) is 3.35. The summed E-state index contributed by atoms with van der Waals surface area (Å²) in [6, 6.07) is 11.6. The number of rotatable bonds is 7. The van der Waals surface area contributed by atoms with E-state index in [1.807, 2.05) is 18.2 Å². The van der Waals surface area contributed by atoms with Gasteiger partial charge in [-0.05, 0) is 48.6 Å². The van der Waals surface area contributed by atoms with Crippen molar-refractivity contribution in [2.75, 3.05) is 13.2 Å². The normalized spacial score (nSPS) is 17.2. The summed E-state index contributed by atoms with van der Waals surface area (Å²) in [4.78, 5) is 14.4. The third-order valence-corrected chi connectivity index (χ3v) is 5.14. The number of aryl methyl sites for hydroxylation is 1. The summed E-state index contributed by atoms with van der Waals surface area (Å²) in [5.41, 5.74) is 2.50. The smallest absolute Gasteiger partial charge is 0.336 e. The van der Waals surface area contributed by atoms with Gasteiger partial charge in [0, 0.05) is 31.1 Å². The molecule has 1 aromatic carbocycles. The summed E-state index contributed by atoms with van der Waals surface area (Å²) >= 11 is 0. The molecule has 1 aliphatic rings. The van der Waals surface area contributed by atoms with Crippen molar-refractivity contribution in [2.24, 2.45) is 0 Å². The van der Waals surface area contributed by atoms with Crippen LogP contribution in [0.1, 0.15) is 36.7 Å². The van der Waals surface area contributed by atoms with Crippen molar-refractivity contribution in [2.45, 2.75) is 45.4 Å². The maximum absolute atomic E-state index is 12.1. The summed E-state index contributed by atoms with van der Waals surface area (Å²) in [5, 5.41) is 0.989. The minimum atomic E-state index is -0.305. The van der Waals surface area contributed by atoms with Crippen LogP contribution in [0, 0.1) is 0 Å². The molecule has 0 spiro atoms. The molecule has 142 valence electrons. The Morgan fingerprint density at radius 2 is 2.11 bits per heavy atom. The van der Waals surface area contributed by atoms with Crippen molar-refractivity contribution in [3.8, 4) is 0 Å². The van der Waals surface area contributed by atoms with Gasteiger partial charge in [-0.25, -0.2) is 4.79 Å². The zero-order valence-corrected chi connectivity index (χ0v) is 15.6. The third kappa shape index (κ3) is 4.31. The van der Waals surface area contributed by atoms with Gasteiger partial charge < -0.3 is 13.6 Å². The fourth-order valence-corrected chi connectivity index (χ4v) is 3.75. The van der Waals surface area contributed by atoms with Gasteiger partial charge in [0.15, 0.2) is 0 Å². The molecule has 1 unspecified atom stereocenters. The molecule has 1 saturated heterocycles. The van der Waals surface area contributed by atoms with Crippen molar-refractivity contribution < 1.29 is 13.6 Å². The maximum atomic E-state index is 12.1. The molecule has 2 aromatic heterocycles. The van der Waals surface area contributed by atoms with Gasteiger partial charge in [-0.2, -0.15) is 0 Å². The van der Waals surface area contributed by atoms with Gasteiger partial charge in [0.25, 0.3) is 0 Å². The second-order valence-electron chi connectivity index (χ2n) is 7.16. The summed E-state index contributed by atoms with van der Waals surface area (Å²) in [6.07, 6.45) is 5.02. The third-order valence-electron chi connectivity index (χ3n) is 5.14. The molecule has 5 heteroatoms. The Kier molecular flexibility index (Phi) is 5.41. The van der Waals surface area contributed by atoms with Crippen LogP contribution in [0.4, 0.5) is 0 Å². The molecular formula is C22H25NO4. The van der Waals surface area contributed by atoms with E-state index >= 15 is 0 Å². The highest BCUT2D eigenvalue weighted by Crippen LogP contribution is 2.23. The second kappa shape index (κ2) is 8.11. The molecule has 27 heavy (non-hydrogen) atoms. The SMILES string of the molecule is CCc1ccc2c(CN(Cc3ccco3)CC3CCCO3)cc(=O)oc2c1. The standard InChI is InChI=1S/C22H25NO4/c1-2-16-7-8-20-17(12-22(24)27-21(20)11-16)13-23(14-18-5-3-9-25-18)15-19-6-4-10-26-19/h3,5,7-9,11-12,19H,2,4,6,10,13-15H2,1H3. The number of hydrogen-bond donors (Lipinski definition) is 0. The first kappa shape index (κ1) is 18.0. The zero-order valence-electron chi connectivity index (χ0n) is 15.6. The lowest BCUT2D eigenvalue weighted by molar-refractivity contribution is 0.0656. The predicted molar refractivity (Wildman–Crippen MR) is 104 cm³/mol. The summed E-state index contributed by atoms with van der Waals surface area (Å²) < 4.78 is 16.8. The van der Waals surface area contributed by atoms with Crippen LogP contribution in [0.2, 0.25) is 0 Å². The van der Waals surface area contributed by atoms with Gasteiger partial charge in [-0.3, -0.25) is 4.90 Å². The first-order chi connectivity index (χ1) is 13.2. The van der Waals surface area contributed by atoms with Crippen molar-refractivity contribution in [1.82, 2.24) is 4.90 Å².